The van der Waals surface area contributed by atoms with E-state index < -0.39 is 0 Å². The van der Waals surface area contributed by atoms with E-state index in [1.54, 1.807) is 0 Å². The minimum absolute atomic E-state index is 0.771. The third kappa shape index (κ3) is 1.47. The van der Waals surface area contributed by atoms with Gasteiger partial charge in [0.1, 0.15) is 0 Å². The molecule has 0 aliphatic heterocycles. The van der Waals surface area contributed by atoms with Crippen LogP contribution in [-0.2, 0) is 6.42 Å². The highest BCUT2D eigenvalue weighted by molar-refractivity contribution is 6.35. The van der Waals surface area contributed by atoms with Gasteiger partial charge in [-0.2, -0.15) is 0 Å². The lowest BCUT2D eigenvalue weighted by Crippen LogP contribution is -1.77. The number of hydrogen-bond donors (Lipinski definition) is 1. The second kappa shape index (κ2) is 3.27. The van der Waals surface area contributed by atoms with E-state index in [2.05, 4.69) is 17.6 Å². The van der Waals surface area contributed by atoms with Gasteiger partial charge in [-0.15, -0.1) is 6.58 Å². The van der Waals surface area contributed by atoms with Gasteiger partial charge in [0.05, 0.1) is 10.5 Å². The first-order valence-corrected chi connectivity index (χ1v) is 4.56. The van der Waals surface area contributed by atoms with Crippen LogP contribution in [0, 0.1) is 0 Å². The molecule has 0 radical (unpaired) electrons. The zero-order valence-corrected chi connectivity index (χ0v) is 7.93. The zero-order chi connectivity index (χ0) is 9.26. The fourth-order valence-electron chi connectivity index (χ4n) is 1.44. The largest absolute Gasteiger partial charge is 0.357 e. The van der Waals surface area contributed by atoms with Crippen LogP contribution in [0.2, 0.25) is 5.02 Å². The summed E-state index contributed by atoms with van der Waals surface area (Å²) in [6, 6.07) is 7.99. The summed E-state index contributed by atoms with van der Waals surface area (Å²) >= 11 is 6.01. The highest BCUT2D eigenvalue weighted by Gasteiger charge is 2.01. The van der Waals surface area contributed by atoms with Crippen LogP contribution in [0.25, 0.3) is 10.9 Å². The molecule has 1 aromatic heterocycles. The first kappa shape index (κ1) is 8.39. The number of nitrogens with one attached hydrogen (secondary N) is 1. The van der Waals surface area contributed by atoms with E-state index in [9.17, 15) is 0 Å². The number of halogens is 1. The summed E-state index contributed by atoms with van der Waals surface area (Å²) in [6.45, 7) is 3.70. The molecule has 1 nitrogen and oxygen atoms in total. The maximum Gasteiger partial charge on any atom is 0.0647 e. The molecule has 0 aliphatic carbocycles. The monoisotopic (exact) mass is 191 g/mol. The lowest BCUT2D eigenvalue weighted by atomic mass is 10.2. The fourth-order valence-corrected chi connectivity index (χ4v) is 1.67. The Balaban J connectivity index is 2.61. The van der Waals surface area contributed by atoms with Crippen LogP contribution >= 0.6 is 11.6 Å². The van der Waals surface area contributed by atoms with Crippen LogP contribution in [0.1, 0.15) is 5.69 Å². The molecule has 0 aliphatic rings. The van der Waals surface area contributed by atoms with Gasteiger partial charge >= 0.3 is 0 Å². The van der Waals surface area contributed by atoms with Gasteiger partial charge in [-0.3, -0.25) is 0 Å². The van der Waals surface area contributed by atoms with Crippen LogP contribution in [0.4, 0.5) is 0 Å². The second-order valence-corrected chi connectivity index (χ2v) is 3.40. The van der Waals surface area contributed by atoms with Gasteiger partial charge in [-0.25, -0.2) is 0 Å². The van der Waals surface area contributed by atoms with E-state index in [0.29, 0.717) is 0 Å². The number of aromatic amines is 1. The molecule has 0 unspecified atom stereocenters. The van der Waals surface area contributed by atoms with Crippen molar-refractivity contribution in [3.63, 3.8) is 0 Å². The predicted octanol–water partition coefficient (Wildman–Crippen LogP) is 3.55. The Morgan fingerprint density at radius 1 is 1.46 bits per heavy atom. The van der Waals surface area contributed by atoms with Crippen molar-refractivity contribution in [3.8, 4) is 0 Å². The van der Waals surface area contributed by atoms with E-state index in [0.717, 1.165) is 28.0 Å². The number of aromatic nitrogens is 1. The van der Waals surface area contributed by atoms with Crippen molar-refractivity contribution in [2.45, 2.75) is 6.42 Å². The Kier molecular flexibility index (Phi) is 2.11. The van der Waals surface area contributed by atoms with Crippen molar-refractivity contribution in [3.05, 3.63) is 47.6 Å². The minimum atomic E-state index is 0.771. The van der Waals surface area contributed by atoms with Crippen LogP contribution in [0.5, 0.6) is 0 Å². The summed E-state index contributed by atoms with van der Waals surface area (Å²) in [5.74, 6) is 0. The van der Waals surface area contributed by atoms with Crippen molar-refractivity contribution in [2.24, 2.45) is 0 Å². The van der Waals surface area contributed by atoms with Crippen molar-refractivity contribution < 1.29 is 0 Å². The van der Waals surface area contributed by atoms with Gasteiger partial charge in [-0.05, 0) is 12.1 Å². The highest BCUT2D eigenvalue weighted by Crippen LogP contribution is 2.23. The molecule has 1 aromatic carbocycles. The number of H-pyrrole nitrogens is 1. The molecular weight excluding hydrogens is 182 g/mol. The van der Waals surface area contributed by atoms with Gasteiger partial charge in [0.2, 0.25) is 0 Å². The van der Waals surface area contributed by atoms with Gasteiger partial charge in [0, 0.05) is 17.5 Å². The first-order chi connectivity index (χ1) is 6.31. The maximum atomic E-state index is 6.01. The molecule has 0 amide bonds. The van der Waals surface area contributed by atoms with Gasteiger partial charge in [0.15, 0.2) is 0 Å². The Morgan fingerprint density at radius 2 is 2.31 bits per heavy atom. The second-order valence-electron chi connectivity index (χ2n) is 2.99. The molecule has 13 heavy (non-hydrogen) atoms. The molecule has 0 saturated heterocycles. The molecule has 66 valence electrons. The normalized spacial score (nSPS) is 10.5. The van der Waals surface area contributed by atoms with E-state index >= 15 is 0 Å². The molecule has 0 saturated carbocycles. The van der Waals surface area contributed by atoms with E-state index in [4.69, 9.17) is 11.6 Å². The highest BCUT2D eigenvalue weighted by atomic mass is 35.5. The summed E-state index contributed by atoms with van der Waals surface area (Å²) < 4.78 is 0. The summed E-state index contributed by atoms with van der Waals surface area (Å²) in [5.41, 5.74) is 2.17. The summed E-state index contributed by atoms with van der Waals surface area (Å²) in [4.78, 5) is 3.26. The first-order valence-electron chi connectivity index (χ1n) is 4.18. The Morgan fingerprint density at radius 3 is 3.00 bits per heavy atom. The lowest BCUT2D eigenvalue weighted by Gasteiger charge is -1.91. The number of hydrogen-bond acceptors (Lipinski definition) is 0. The third-order valence-corrected chi connectivity index (χ3v) is 2.34. The van der Waals surface area contributed by atoms with Gasteiger partial charge < -0.3 is 4.98 Å². The number of rotatable bonds is 2. The predicted molar refractivity (Wildman–Crippen MR) is 57.2 cm³/mol. The molecule has 1 N–H and O–H groups in total. The quantitative estimate of drug-likeness (QED) is 0.699. The Bertz CT molecular complexity index is 442. The molecule has 2 heteroatoms. The molecule has 0 bridgehead atoms. The standard InChI is InChI=1S/C11H10ClN/c1-2-4-9-7-8-5-3-6-10(12)11(8)13-9/h2-3,5-7,13H,1,4H2. The van der Waals surface area contributed by atoms with Gasteiger partial charge in [-0.1, -0.05) is 29.8 Å². The molecule has 0 fully saturated rings. The molecule has 2 rings (SSSR count). The van der Waals surface area contributed by atoms with E-state index in [1.807, 2.05) is 24.3 Å². The average molecular weight is 192 g/mol. The fraction of sp³-hybridized carbons (Fsp3) is 0.0909. The summed E-state index contributed by atoms with van der Waals surface area (Å²) in [6.07, 6.45) is 2.73. The van der Waals surface area contributed by atoms with Crippen LogP contribution in [0.15, 0.2) is 36.9 Å². The SMILES string of the molecule is C=CCc1cc2cccc(Cl)c2[nH]1. The summed E-state index contributed by atoms with van der Waals surface area (Å²) in [5, 5.41) is 1.93. The van der Waals surface area contributed by atoms with Crippen molar-refractivity contribution in [1.82, 2.24) is 4.98 Å². The third-order valence-electron chi connectivity index (χ3n) is 2.03. The Hall–Kier alpha value is -1.21. The van der Waals surface area contributed by atoms with E-state index in [1.165, 1.54) is 0 Å². The average Bonchev–Trinajstić information content (AvgIpc) is 2.49. The van der Waals surface area contributed by atoms with E-state index in [-0.39, 0.29) is 0 Å². The van der Waals surface area contributed by atoms with Crippen LogP contribution in [0.3, 0.4) is 0 Å². The topological polar surface area (TPSA) is 15.8 Å². The maximum absolute atomic E-state index is 6.01. The van der Waals surface area contributed by atoms with Crippen molar-refractivity contribution >= 4 is 22.5 Å². The smallest absolute Gasteiger partial charge is 0.0647 e. The Labute approximate surface area is 82.0 Å². The number of allylic oxidation sites excluding steroid dienone is 1. The van der Waals surface area contributed by atoms with Gasteiger partial charge in [0.25, 0.3) is 0 Å². The minimum Gasteiger partial charge on any atom is -0.357 e. The van der Waals surface area contributed by atoms with Crippen molar-refractivity contribution in [1.29, 1.82) is 0 Å². The molecule has 0 atom stereocenters. The van der Waals surface area contributed by atoms with Crippen molar-refractivity contribution in [2.75, 3.05) is 0 Å². The lowest BCUT2D eigenvalue weighted by molar-refractivity contribution is 1.17. The molecule has 0 spiro atoms. The number of para-hydroxylation sites is 1. The number of fused-ring (bicyclic) bond motifs is 1. The summed E-state index contributed by atoms with van der Waals surface area (Å²) in [7, 11) is 0. The molecule has 2 aromatic rings. The molecule has 1 heterocycles. The number of benzene rings is 1. The van der Waals surface area contributed by atoms with Crippen LogP contribution < -0.4 is 0 Å². The molecular formula is C11H10ClN. The zero-order valence-electron chi connectivity index (χ0n) is 7.18. The van der Waals surface area contributed by atoms with Crippen LogP contribution in [-0.4, -0.2) is 4.98 Å².